The number of nitrogens with zero attached hydrogens (tertiary/aromatic N) is 3. The molecule has 108 valence electrons. The molecule has 4 nitrogen and oxygen atoms in total. The van der Waals surface area contributed by atoms with Gasteiger partial charge in [-0.2, -0.15) is 0 Å². The largest absolute Gasteiger partial charge is 0.337 e. The maximum Gasteiger partial charge on any atom is 0.122 e. The third kappa shape index (κ3) is 4.62. The van der Waals surface area contributed by atoms with Gasteiger partial charge in [-0.05, 0) is 59.2 Å². The lowest BCUT2D eigenvalue weighted by Gasteiger charge is -2.33. The minimum atomic E-state index is 0.240. The average molecular weight is 264 g/mol. The van der Waals surface area contributed by atoms with Crippen LogP contribution < -0.4 is 5.32 Å². The average Bonchev–Trinajstić information content (AvgIpc) is 2.73. The van der Waals surface area contributed by atoms with Crippen LogP contribution in [-0.2, 0) is 13.6 Å². The van der Waals surface area contributed by atoms with Crippen molar-refractivity contribution in [2.75, 3.05) is 19.6 Å². The summed E-state index contributed by atoms with van der Waals surface area (Å²) < 4.78 is 2.12. The van der Waals surface area contributed by atoms with Crippen molar-refractivity contribution in [3.63, 3.8) is 0 Å². The van der Waals surface area contributed by atoms with Gasteiger partial charge in [0.25, 0.3) is 0 Å². The molecule has 0 saturated carbocycles. The molecule has 0 atom stereocenters. The van der Waals surface area contributed by atoms with Crippen LogP contribution in [0.3, 0.4) is 0 Å². The van der Waals surface area contributed by atoms with Crippen LogP contribution in [0.4, 0.5) is 0 Å². The van der Waals surface area contributed by atoms with Gasteiger partial charge in [-0.1, -0.05) is 0 Å². The highest BCUT2D eigenvalue weighted by molar-refractivity contribution is 4.91. The van der Waals surface area contributed by atoms with Crippen molar-refractivity contribution in [2.45, 2.75) is 45.7 Å². The van der Waals surface area contributed by atoms with Gasteiger partial charge in [0.1, 0.15) is 5.82 Å². The van der Waals surface area contributed by atoms with E-state index in [-0.39, 0.29) is 5.54 Å². The lowest BCUT2D eigenvalue weighted by Crippen LogP contribution is -2.42. The third-order valence-corrected chi connectivity index (χ3v) is 3.91. The second kappa shape index (κ2) is 6.06. The Balaban J connectivity index is 1.72. The molecule has 1 N–H and O–H groups in total. The quantitative estimate of drug-likeness (QED) is 0.903. The van der Waals surface area contributed by atoms with Gasteiger partial charge in [-0.3, -0.25) is 4.90 Å². The third-order valence-electron chi connectivity index (χ3n) is 3.91. The van der Waals surface area contributed by atoms with Gasteiger partial charge in [0.2, 0.25) is 0 Å². The summed E-state index contributed by atoms with van der Waals surface area (Å²) in [6, 6.07) is 0. The van der Waals surface area contributed by atoms with E-state index >= 15 is 0 Å². The summed E-state index contributed by atoms with van der Waals surface area (Å²) in [6.45, 7) is 11.3. The zero-order chi connectivity index (χ0) is 13.9. The van der Waals surface area contributed by atoms with Crippen LogP contribution in [0.1, 0.15) is 39.4 Å². The van der Waals surface area contributed by atoms with Crippen molar-refractivity contribution in [3.8, 4) is 0 Å². The van der Waals surface area contributed by atoms with Crippen molar-refractivity contribution in [3.05, 3.63) is 18.2 Å². The first-order valence-electron chi connectivity index (χ1n) is 7.37. The Morgan fingerprint density at radius 3 is 2.53 bits per heavy atom. The van der Waals surface area contributed by atoms with Crippen molar-refractivity contribution in [1.29, 1.82) is 0 Å². The number of aromatic nitrogens is 2. The highest BCUT2D eigenvalue weighted by Gasteiger charge is 2.21. The van der Waals surface area contributed by atoms with E-state index in [4.69, 9.17) is 0 Å². The fraction of sp³-hybridized carbons (Fsp3) is 0.800. The summed E-state index contributed by atoms with van der Waals surface area (Å²) in [5.74, 6) is 2.00. The number of piperidine rings is 1. The number of imidazole rings is 1. The van der Waals surface area contributed by atoms with Gasteiger partial charge < -0.3 is 9.88 Å². The number of rotatable bonds is 4. The van der Waals surface area contributed by atoms with Crippen LogP contribution >= 0.6 is 0 Å². The predicted molar refractivity (Wildman–Crippen MR) is 79.0 cm³/mol. The zero-order valence-electron chi connectivity index (χ0n) is 12.8. The van der Waals surface area contributed by atoms with Crippen molar-refractivity contribution >= 4 is 0 Å². The summed E-state index contributed by atoms with van der Waals surface area (Å²) in [7, 11) is 2.07. The number of nitrogens with one attached hydrogen (secondary N) is 1. The summed E-state index contributed by atoms with van der Waals surface area (Å²) in [4.78, 5) is 6.93. The van der Waals surface area contributed by atoms with Gasteiger partial charge in [0, 0.05) is 25.0 Å². The van der Waals surface area contributed by atoms with E-state index in [1.165, 1.54) is 31.8 Å². The Morgan fingerprint density at radius 2 is 2.00 bits per heavy atom. The molecule has 19 heavy (non-hydrogen) atoms. The highest BCUT2D eigenvalue weighted by atomic mass is 15.2. The summed E-state index contributed by atoms with van der Waals surface area (Å²) in [5, 5.41) is 3.63. The molecule has 0 unspecified atom stereocenters. The first-order chi connectivity index (χ1) is 8.94. The van der Waals surface area contributed by atoms with Crippen LogP contribution in [0.2, 0.25) is 0 Å². The van der Waals surface area contributed by atoms with E-state index < -0.39 is 0 Å². The minimum absolute atomic E-state index is 0.240. The van der Waals surface area contributed by atoms with Crippen molar-refractivity contribution in [2.24, 2.45) is 13.0 Å². The highest BCUT2D eigenvalue weighted by Crippen LogP contribution is 2.18. The predicted octanol–water partition coefficient (Wildman–Crippen LogP) is 2.02. The molecule has 0 bridgehead atoms. The van der Waals surface area contributed by atoms with Gasteiger partial charge in [-0.25, -0.2) is 4.98 Å². The molecule has 2 rings (SSSR count). The van der Waals surface area contributed by atoms with Crippen LogP contribution in [0.25, 0.3) is 0 Å². The van der Waals surface area contributed by atoms with Crippen molar-refractivity contribution < 1.29 is 0 Å². The molecule has 1 aromatic heterocycles. The molecule has 1 aromatic rings. The molecule has 1 saturated heterocycles. The minimum Gasteiger partial charge on any atom is -0.337 e. The molecule has 0 aliphatic carbocycles. The normalized spacial score (nSPS) is 18.9. The van der Waals surface area contributed by atoms with Crippen LogP contribution in [0.15, 0.2) is 12.4 Å². The second-order valence-electron chi connectivity index (χ2n) is 6.80. The van der Waals surface area contributed by atoms with E-state index in [2.05, 4.69) is 47.6 Å². The SMILES string of the molecule is Cn1ccnc1CN1CCC(CNC(C)(C)C)CC1. The molecular weight excluding hydrogens is 236 g/mol. The van der Waals surface area contributed by atoms with E-state index in [9.17, 15) is 0 Å². The zero-order valence-corrected chi connectivity index (χ0v) is 12.8. The number of hydrogen-bond donors (Lipinski definition) is 1. The summed E-state index contributed by atoms with van der Waals surface area (Å²) in [5.41, 5.74) is 0.240. The molecule has 0 radical (unpaired) electrons. The molecule has 1 aliphatic rings. The lowest BCUT2D eigenvalue weighted by molar-refractivity contribution is 0.166. The Hall–Kier alpha value is -0.870. The molecule has 2 heterocycles. The number of aryl methyl sites for hydroxylation is 1. The van der Waals surface area contributed by atoms with E-state index in [1.54, 1.807) is 0 Å². The monoisotopic (exact) mass is 264 g/mol. The van der Waals surface area contributed by atoms with Crippen LogP contribution in [0.5, 0.6) is 0 Å². The standard InChI is InChI=1S/C15H28N4/c1-15(2,3)17-11-13-5-8-19(9-6-13)12-14-16-7-10-18(14)4/h7,10,13,17H,5-6,8-9,11-12H2,1-4H3. The number of likely N-dealkylation sites (tertiary alicyclic amines) is 1. The maximum absolute atomic E-state index is 4.41. The molecule has 0 amide bonds. The maximum atomic E-state index is 4.41. The topological polar surface area (TPSA) is 33.1 Å². The van der Waals surface area contributed by atoms with Gasteiger partial charge >= 0.3 is 0 Å². The summed E-state index contributed by atoms with van der Waals surface area (Å²) >= 11 is 0. The molecule has 0 aromatic carbocycles. The molecule has 4 heteroatoms. The van der Waals surface area contributed by atoms with E-state index in [0.29, 0.717) is 0 Å². The molecular formula is C15H28N4. The van der Waals surface area contributed by atoms with E-state index in [1.807, 2.05) is 12.4 Å². The smallest absolute Gasteiger partial charge is 0.122 e. The van der Waals surface area contributed by atoms with Gasteiger partial charge in [-0.15, -0.1) is 0 Å². The fourth-order valence-electron chi connectivity index (χ4n) is 2.55. The first kappa shape index (κ1) is 14.5. The molecule has 1 fully saturated rings. The Morgan fingerprint density at radius 1 is 1.32 bits per heavy atom. The molecule has 1 aliphatic heterocycles. The summed E-state index contributed by atoms with van der Waals surface area (Å²) in [6.07, 6.45) is 6.51. The lowest BCUT2D eigenvalue weighted by atomic mass is 9.95. The Bertz CT molecular complexity index is 383. The van der Waals surface area contributed by atoms with Gasteiger partial charge in [0.15, 0.2) is 0 Å². The van der Waals surface area contributed by atoms with Crippen LogP contribution in [0, 0.1) is 5.92 Å². The Labute approximate surface area is 117 Å². The first-order valence-corrected chi connectivity index (χ1v) is 7.37. The fourth-order valence-corrected chi connectivity index (χ4v) is 2.55. The second-order valence-corrected chi connectivity index (χ2v) is 6.80. The van der Waals surface area contributed by atoms with Gasteiger partial charge in [0.05, 0.1) is 6.54 Å². The van der Waals surface area contributed by atoms with E-state index in [0.717, 1.165) is 19.0 Å². The Kier molecular flexibility index (Phi) is 4.63. The molecule has 0 spiro atoms. The van der Waals surface area contributed by atoms with Crippen molar-refractivity contribution in [1.82, 2.24) is 19.8 Å². The van der Waals surface area contributed by atoms with Crippen LogP contribution in [-0.4, -0.2) is 39.6 Å². The number of hydrogen-bond acceptors (Lipinski definition) is 3.